The molecule has 20 heavy (non-hydrogen) atoms. The van der Waals surface area contributed by atoms with Crippen molar-refractivity contribution in [1.82, 2.24) is 5.32 Å². The smallest absolute Gasteiger partial charge is 0.326 e. The highest BCUT2D eigenvalue weighted by molar-refractivity contribution is 5.89. The van der Waals surface area contributed by atoms with Crippen molar-refractivity contribution in [3.63, 3.8) is 0 Å². The van der Waals surface area contributed by atoms with Crippen molar-refractivity contribution in [2.24, 2.45) is 11.3 Å². The zero-order chi connectivity index (χ0) is 15.3. The zero-order valence-electron chi connectivity index (χ0n) is 12.0. The summed E-state index contributed by atoms with van der Waals surface area (Å²) in [5.74, 6) is -2.51. The summed E-state index contributed by atoms with van der Waals surface area (Å²) in [5.41, 5.74) is -0.527. The molecule has 1 aliphatic carbocycles. The van der Waals surface area contributed by atoms with Crippen LogP contribution in [0.3, 0.4) is 0 Å². The number of carboxylic acids is 2. The number of nitrogens with one attached hydrogen (secondary N) is 1. The summed E-state index contributed by atoms with van der Waals surface area (Å²) in [7, 11) is 0. The quantitative estimate of drug-likeness (QED) is 0.659. The van der Waals surface area contributed by atoms with Crippen LogP contribution in [0.5, 0.6) is 0 Å². The average Bonchev–Trinajstić information content (AvgIpc) is 2.76. The first-order valence-corrected chi connectivity index (χ1v) is 7.02. The number of carbonyl (C=O) groups is 3. The van der Waals surface area contributed by atoms with Crippen LogP contribution < -0.4 is 5.32 Å². The molecule has 0 heterocycles. The maximum atomic E-state index is 12.4. The van der Waals surface area contributed by atoms with E-state index >= 15 is 0 Å². The molecule has 6 heteroatoms. The minimum Gasteiger partial charge on any atom is -0.481 e. The van der Waals surface area contributed by atoms with Crippen LogP contribution in [0.4, 0.5) is 0 Å². The van der Waals surface area contributed by atoms with Gasteiger partial charge >= 0.3 is 11.9 Å². The van der Waals surface area contributed by atoms with Crippen LogP contribution in [0.25, 0.3) is 0 Å². The summed E-state index contributed by atoms with van der Waals surface area (Å²) in [5, 5.41) is 20.1. The second kappa shape index (κ2) is 6.72. The first-order valence-electron chi connectivity index (χ1n) is 7.02. The number of amides is 1. The molecule has 114 valence electrons. The van der Waals surface area contributed by atoms with Crippen molar-refractivity contribution in [3.8, 4) is 0 Å². The maximum Gasteiger partial charge on any atom is 0.326 e. The van der Waals surface area contributed by atoms with E-state index in [9.17, 15) is 14.4 Å². The summed E-state index contributed by atoms with van der Waals surface area (Å²) in [4.78, 5) is 34.1. The van der Waals surface area contributed by atoms with E-state index in [1.807, 2.05) is 13.8 Å². The van der Waals surface area contributed by atoms with Crippen molar-refractivity contribution in [1.29, 1.82) is 0 Å². The molecule has 0 unspecified atom stereocenters. The molecule has 1 aliphatic rings. The molecule has 0 aliphatic heterocycles. The fourth-order valence-electron chi connectivity index (χ4n) is 3.04. The number of hydrogen-bond donors (Lipinski definition) is 3. The third kappa shape index (κ3) is 4.21. The van der Waals surface area contributed by atoms with Crippen molar-refractivity contribution in [2.75, 3.05) is 0 Å². The molecule has 0 radical (unpaired) electrons. The Kier molecular flexibility index (Phi) is 5.53. The van der Waals surface area contributed by atoms with E-state index in [0.29, 0.717) is 12.3 Å². The van der Waals surface area contributed by atoms with Crippen molar-refractivity contribution < 1.29 is 24.6 Å². The van der Waals surface area contributed by atoms with Crippen molar-refractivity contribution in [2.45, 2.75) is 58.4 Å². The number of hydrogen-bond acceptors (Lipinski definition) is 3. The van der Waals surface area contributed by atoms with Crippen LogP contribution in [-0.4, -0.2) is 34.1 Å². The van der Waals surface area contributed by atoms with Gasteiger partial charge in [0.2, 0.25) is 5.91 Å². The summed E-state index contributed by atoms with van der Waals surface area (Å²) in [6.07, 6.45) is 3.51. The van der Waals surface area contributed by atoms with Gasteiger partial charge in [0.15, 0.2) is 0 Å². The van der Waals surface area contributed by atoms with E-state index < -0.39 is 29.8 Å². The van der Waals surface area contributed by atoms with Gasteiger partial charge in [-0.3, -0.25) is 9.59 Å². The Morgan fingerprint density at radius 3 is 2.10 bits per heavy atom. The Balaban J connectivity index is 2.79. The number of aliphatic carboxylic acids is 2. The summed E-state index contributed by atoms with van der Waals surface area (Å²) in [6, 6.07) is -1.36. The van der Waals surface area contributed by atoms with E-state index in [4.69, 9.17) is 10.2 Å². The number of carbonyl (C=O) groups excluding carboxylic acids is 1. The maximum absolute atomic E-state index is 12.4. The minimum atomic E-state index is -1.36. The standard InChI is InChI=1S/C14H23NO5/c1-9(2)8-14(5-3-4-6-14)13(20)15-10(12(18)19)7-11(16)17/h9-10H,3-8H2,1-2H3,(H,15,20)(H,16,17)(H,18,19)/t10-/m0/s1. The van der Waals surface area contributed by atoms with E-state index in [2.05, 4.69) is 5.32 Å². The molecule has 0 spiro atoms. The van der Waals surface area contributed by atoms with Crippen LogP contribution in [0.1, 0.15) is 52.4 Å². The van der Waals surface area contributed by atoms with Gasteiger partial charge in [-0.1, -0.05) is 26.7 Å². The van der Waals surface area contributed by atoms with E-state index in [-0.39, 0.29) is 5.91 Å². The van der Waals surface area contributed by atoms with Gasteiger partial charge in [-0.2, -0.15) is 0 Å². The van der Waals surface area contributed by atoms with Gasteiger partial charge in [-0.05, 0) is 25.2 Å². The zero-order valence-corrected chi connectivity index (χ0v) is 12.0. The topological polar surface area (TPSA) is 104 Å². The van der Waals surface area contributed by atoms with Gasteiger partial charge in [0.1, 0.15) is 6.04 Å². The SMILES string of the molecule is CC(C)CC1(C(=O)N[C@@H](CC(=O)O)C(=O)O)CCCC1. The molecule has 1 amide bonds. The Morgan fingerprint density at radius 2 is 1.70 bits per heavy atom. The van der Waals surface area contributed by atoms with Crippen molar-refractivity contribution >= 4 is 17.8 Å². The molecular formula is C14H23NO5. The highest BCUT2D eigenvalue weighted by Gasteiger charge is 2.42. The molecular weight excluding hydrogens is 262 g/mol. The molecule has 1 atom stereocenters. The Bertz CT molecular complexity index is 385. The van der Waals surface area contributed by atoms with Gasteiger partial charge in [0.05, 0.1) is 6.42 Å². The van der Waals surface area contributed by atoms with Crippen LogP contribution in [0, 0.1) is 11.3 Å². The van der Waals surface area contributed by atoms with Crippen LogP contribution in [0.15, 0.2) is 0 Å². The number of carboxylic acid groups (broad SMARTS) is 2. The fourth-order valence-corrected chi connectivity index (χ4v) is 3.04. The third-order valence-corrected chi connectivity index (χ3v) is 3.82. The van der Waals surface area contributed by atoms with Crippen LogP contribution >= 0.6 is 0 Å². The van der Waals surface area contributed by atoms with Crippen LogP contribution in [-0.2, 0) is 14.4 Å². The largest absolute Gasteiger partial charge is 0.481 e. The normalized spacial score (nSPS) is 18.8. The lowest BCUT2D eigenvalue weighted by atomic mass is 9.77. The molecule has 0 saturated heterocycles. The molecule has 1 fully saturated rings. The monoisotopic (exact) mass is 285 g/mol. The predicted octanol–water partition coefficient (Wildman–Crippen LogP) is 1.64. The summed E-state index contributed by atoms with van der Waals surface area (Å²) in [6.45, 7) is 4.05. The van der Waals surface area contributed by atoms with E-state index in [1.165, 1.54) is 0 Å². The lowest BCUT2D eigenvalue weighted by Gasteiger charge is -2.30. The average molecular weight is 285 g/mol. The van der Waals surface area contributed by atoms with Gasteiger partial charge in [0.25, 0.3) is 0 Å². The molecule has 3 N–H and O–H groups in total. The van der Waals surface area contributed by atoms with Gasteiger partial charge in [-0.25, -0.2) is 4.79 Å². The molecule has 0 aromatic rings. The second-order valence-corrected chi connectivity index (χ2v) is 6.05. The molecule has 0 aromatic heterocycles. The van der Waals surface area contributed by atoms with Gasteiger partial charge < -0.3 is 15.5 Å². The van der Waals surface area contributed by atoms with Gasteiger partial charge in [-0.15, -0.1) is 0 Å². The summed E-state index contributed by atoms with van der Waals surface area (Å²) < 4.78 is 0. The predicted molar refractivity (Wildman–Crippen MR) is 72.2 cm³/mol. The molecule has 1 rings (SSSR count). The lowest BCUT2D eigenvalue weighted by Crippen LogP contribution is -2.49. The Morgan fingerprint density at radius 1 is 1.15 bits per heavy atom. The second-order valence-electron chi connectivity index (χ2n) is 6.05. The molecule has 1 saturated carbocycles. The van der Waals surface area contributed by atoms with Crippen LogP contribution in [0.2, 0.25) is 0 Å². The van der Waals surface area contributed by atoms with E-state index in [0.717, 1.165) is 25.7 Å². The first kappa shape index (κ1) is 16.5. The number of rotatable bonds is 7. The van der Waals surface area contributed by atoms with Crippen molar-refractivity contribution in [3.05, 3.63) is 0 Å². The fraction of sp³-hybridized carbons (Fsp3) is 0.786. The first-order chi connectivity index (χ1) is 9.27. The molecule has 0 aromatic carbocycles. The lowest BCUT2D eigenvalue weighted by molar-refractivity contribution is -0.148. The Labute approximate surface area is 118 Å². The summed E-state index contributed by atoms with van der Waals surface area (Å²) >= 11 is 0. The van der Waals surface area contributed by atoms with E-state index in [1.54, 1.807) is 0 Å². The molecule has 0 bridgehead atoms. The van der Waals surface area contributed by atoms with Gasteiger partial charge in [0, 0.05) is 5.41 Å². The highest BCUT2D eigenvalue weighted by atomic mass is 16.4. The highest BCUT2D eigenvalue weighted by Crippen LogP contribution is 2.43. The molecule has 6 nitrogen and oxygen atoms in total. The third-order valence-electron chi connectivity index (χ3n) is 3.82. The Hall–Kier alpha value is -1.59. The minimum absolute atomic E-state index is 0.308.